The van der Waals surface area contributed by atoms with Gasteiger partial charge in [-0.05, 0) is 44.0 Å². The van der Waals surface area contributed by atoms with Crippen LogP contribution in [-0.2, 0) is 4.79 Å². The average Bonchev–Trinajstić information content (AvgIpc) is 3.33. The number of nitro groups is 1. The van der Waals surface area contributed by atoms with Crippen LogP contribution in [0.3, 0.4) is 0 Å². The van der Waals surface area contributed by atoms with Crippen molar-refractivity contribution in [1.82, 2.24) is 20.1 Å². The van der Waals surface area contributed by atoms with E-state index in [0.717, 1.165) is 51.0 Å². The zero-order valence-electron chi connectivity index (χ0n) is 20.3. The van der Waals surface area contributed by atoms with Gasteiger partial charge in [0.25, 0.3) is 5.70 Å². The fourth-order valence-corrected chi connectivity index (χ4v) is 5.11. The van der Waals surface area contributed by atoms with Crippen molar-refractivity contribution in [2.75, 3.05) is 50.7 Å². The molecule has 0 unspecified atom stereocenters. The Labute approximate surface area is 218 Å². The highest BCUT2D eigenvalue weighted by Crippen LogP contribution is 2.35. The zero-order valence-corrected chi connectivity index (χ0v) is 21.1. The molecule has 3 aliphatic rings. The van der Waals surface area contributed by atoms with Gasteiger partial charge in [0.05, 0.1) is 9.95 Å². The quantitative estimate of drug-likeness (QED) is 0.396. The maximum absolute atomic E-state index is 13.3. The molecule has 1 aliphatic carbocycles. The van der Waals surface area contributed by atoms with E-state index in [0.29, 0.717) is 36.7 Å². The number of carbonyl (C=O) groups is 1. The minimum atomic E-state index is -4.78. The monoisotopic (exact) mass is 542 g/mol. The Morgan fingerprint density at radius 2 is 1.95 bits per heavy atom. The van der Waals surface area contributed by atoms with Crippen LogP contribution in [-0.4, -0.2) is 83.6 Å². The Bertz CT molecular complexity index is 1050. The van der Waals surface area contributed by atoms with Crippen molar-refractivity contribution < 1.29 is 22.9 Å². The number of piperazine rings is 1. The van der Waals surface area contributed by atoms with Crippen molar-refractivity contribution in [1.29, 1.82) is 0 Å². The third kappa shape index (κ3) is 7.13. The van der Waals surface area contributed by atoms with E-state index in [1.807, 2.05) is 12.1 Å². The predicted octanol–water partition coefficient (Wildman–Crippen LogP) is 3.60. The van der Waals surface area contributed by atoms with Gasteiger partial charge in [0.2, 0.25) is 5.91 Å². The van der Waals surface area contributed by atoms with Gasteiger partial charge in [-0.3, -0.25) is 19.8 Å². The first-order valence-corrected chi connectivity index (χ1v) is 12.8. The first kappa shape index (κ1) is 27.2. The lowest BCUT2D eigenvalue weighted by molar-refractivity contribution is -0.430. The Hall–Kier alpha value is -2.86. The number of pyridine rings is 1. The second-order valence-corrected chi connectivity index (χ2v) is 9.96. The molecule has 0 aromatic carbocycles. The van der Waals surface area contributed by atoms with Crippen LogP contribution in [0, 0.1) is 10.1 Å². The molecule has 0 radical (unpaired) electrons. The average molecular weight is 543 g/mol. The fourth-order valence-electron chi connectivity index (χ4n) is 5.00. The summed E-state index contributed by atoms with van der Waals surface area (Å²) in [4.78, 5) is 33.4. The molecule has 4 rings (SSSR count). The normalized spacial score (nSPS) is 21.3. The predicted molar refractivity (Wildman–Crippen MR) is 133 cm³/mol. The van der Waals surface area contributed by atoms with Crippen molar-refractivity contribution >= 4 is 23.3 Å². The molecule has 2 aliphatic heterocycles. The van der Waals surface area contributed by atoms with Crippen molar-refractivity contribution in [3.8, 4) is 0 Å². The van der Waals surface area contributed by atoms with Gasteiger partial charge in [0.1, 0.15) is 11.4 Å². The molecule has 37 heavy (non-hydrogen) atoms. The molecule has 0 spiro atoms. The Morgan fingerprint density at radius 3 is 2.59 bits per heavy atom. The SMILES string of the molecule is O=C(CCCN1CCN(c2ccc(Cl)cn2)CC1)N1CC[C@@H](NC2=CC(C(F)(F)F)=C([N+](=O)[O-])CC2)C1. The first-order valence-electron chi connectivity index (χ1n) is 12.4. The van der Waals surface area contributed by atoms with Gasteiger partial charge in [-0.2, -0.15) is 13.2 Å². The van der Waals surface area contributed by atoms with Crippen LogP contribution in [0.5, 0.6) is 0 Å². The summed E-state index contributed by atoms with van der Waals surface area (Å²) in [5, 5.41) is 14.7. The van der Waals surface area contributed by atoms with E-state index in [2.05, 4.69) is 20.1 Å². The molecule has 2 fully saturated rings. The summed E-state index contributed by atoms with van der Waals surface area (Å²) < 4.78 is 39.8. The van der Waals surface area contributed by atoms with Crippen LogP contribution in [0.15, 0.2) is 41.4 Å². The number of allylic oxidation sites excluding steroid dienone is 4. The maximum Gasteiger partial charge on any atom is 0.422 e. The van der Waals surface area contributed by atoms with E-state index < -0.39 is 22.4 Å². The minimum Gasteiger partial charge on any atom is -0.384 e. The van der Waals surface area contributed by atoms with Gasteiger partial charge in [0, 0.05) is 70.0 Å². The number of nitrogens with zero attached hydrogens (tertiary/aromatic N) is 5. The molecule has 0 saturated carbocycles. The standard InChI is InChI=1S/C24H30ClF3N6O3/c25-17-3-6-22(29-15-17)32-12-10-31(11-13-32)8-1-2-23(35)33-9-7-19(16-33)30-18-4-5-21(34(36)37)20(14-18)24(26,27)28/h3,6,14-15,19,30H,1-2,4-5,7-13,16H2/t19-/m1/s1. The Balaban J connectivity index is 1.18. The molecule has 1 atom stereocenters. The summed E-state index contributed by atoms with van der Waals surface area (Å²) in [6, 6.07) is 3.57. The summed E-state index contributed by atoms with van der Waals surface area (Å²) in [5.74, 6) is 0.946. The van der Waals surface area contributed by atoms with Gasteiger partial charge in [-0.25, -0.2) is 4.98 Å². The lowest BCUT2D eigenvalue weighted by Gasteiger charge is -2.35. The van der Waals surface area contributed by atoms with Gasteiger partial charge >= 0.3 is 6.18 Å². The van der Waals surface area contributed by atoms with Crippen molar-refractivity contribution in [3.63, 3.8) is 0 Å². The molecule has 0 bridgehead atoms. The number of anilines is 1. The van der Waals surface area contributed by atoms with Crippen LogP contribution >= 0.6 is 11.6 Å². The molecular formula is C24H30ClF3N6O3. The molecular weight excluding hydrogens is 513 g/mol. The topological polar surface area (TPSA) is 94.9 Å². The van der Waals surface area contributed by atoms with Crippen LogP contribution in [0.4, 0.5) is 19.0 Å². The number of rotatable bonds is 8. The van der Waals surface area contributed by atoms with E-state index in [4.69, 9.17) is 11.6 Å². The maximum atomic E-state index is 13.3. The molecule has 9 nitrogen and oxygen atoms in total. The lowest BCUT2D eigenvalue weighted by Crippen LogP contribution is -2.47. The highest BCUT2D eigenvalue weighted by molar-refractivity contribution is 6.30. The van der Waals surface area contributed by atoms with Crippen molar-refractivity contribution in [2.45, 2.75) is 44.3 Å². The minimum absolute atomic E-state index is 0.0393. The smallest absolute Gasteiger partial charge is 0.384 e. The van der Waals surface area contributed by atoms with E-state index in [-0.39, 0.29) is 24.8 Å². The number of nitrogens with one attached hydrogen (secondary N) is 1. The number of likely N-dealkylation sites (tertiary alicyclic amines) is 1. The summed E-state index contributed by atoms with van der Waals surface area (Å²) in [7, 11) is 0. The van der Waals surface area contributed by atoms with Gasteiger partial charge in [-0.15, -0.1) is 0 Å². The van der Waals surface area contributed by atoms with Crippen LogP contribution in [0.1, 0.15) is 32.1 Å². The van der Waals surface area contributed by atoms with E-state index >= 15 is 0 Å². The summed E-state index contributed by atoms with van der Waals surface area (Å²) in [6.45, 7) is 5.25. The molecule has 1 aromatic rings. The molecule has 1 amide bonds. The second-order valence-electron chi connectivity index (χ2n) is 9.52. The van der Waals surface area contributed by atoms with Crippen molar-refractivity contribution in [2.24, 2.45) is 0 Å². The highest BCUT2D eigenvalue weighted by atomic mass is 35.5. The molecule has 202 valence electrons. The summed E-state index contributed by atoms with van der Waals surface area (Å²) in [5.41, 5.74) is -1.68. The largest absolute Gasteiger partial charge is 0.422 e. The van der Waals surface area contributed by atoms with E-state index in [9.17, 15) is 28.1 Å². The number of aromatic nitrogens is 1. The molecule has 13 heteroatoms. The highest BCUT2D eigenvalue weighted by Gasteiger charge is 2.42. The van der Waals surface area contributed by atoms with Gasteiger partial charge in [0.15, 0.2) is 0 Å². The summed E-state index contributed by atoms with van der Waals surface area (Å²) in [6.07, 6.45) is -0.661. The third-order valence-electron chi connectivity index (χ3n) is 6.99. The number of amides is 1. The number of hydrogen-bond donors (Lipinski definition) is 1. The van der Waals surface area contributed by atoms with Crippen LogP contribution in [0.25, 0.3) is 0 Å². The first-order chi connectivity index (χ1) is 17.6. The third-order valence-corrected chi connectivity index (χ3v) is 7.21. The second kappa shape index (κ2) is 11.7. The summed E-state index contributed by atoms with van der Waals surface area (Å²) >= 11 is 5.90. The van der Waals surface area contributed by atoms with Crippen molar-refractivity contribution in [3.05, 3.63) is 56.5 Å². The Kier molecular flexibility index (Phi) is 8.58. The molecule has 3 heterocycles. The van der Waals surface area contributed by atoms with Crippen LogP contribution in [0.2, 0.25) is 5.02 Å². The number of carbonyl (C=O) groups excluding carboxylic acids is 1. The van der Waals surface area contributed by atoms with Gasteiger partial charge in [-0.1, -0.05) is 11.6 Å². The number of hydrogen-bond acceptors (Lipinski definition) is 7. The fraction of sp³-hybridized carbons (Fsp3) is 0.583. The zero-order chi connectivity index (χ0) is 26.6. The molecule has 1 aromatic heterocycles. The number of alkyl halides is 3. The molecule has 1 N–H and O–H groups in total. The van der Waals surface area contributed by atoms with Crippen LogP contribution < -0.4 is 10.2 Å². The lowest BCUT2D eigenvalue weighted by atomic mass is 9.99. The van der Waals surface area contributed by atoms with E-state index in [1.165, 1.54) is 0 Å². The number of halogens is 4. The van der Waals surface area contributed by atoms with Gasteiger partial charge < -0.3 is 15.1 Å². The molecule has 2 saturated heterocycles. The Morgan fingerprint density at radius 1 is 1.19 bits per heavy atom. The van der Waals surface area contributed by atoms with E-state index in [1.54, 1.807) is 11.1 Å².